The monoisotopic (exact) mass is 791 g/mol. The molecule has 0 fully saturated rings. The quantitative estimate of drug-likeness (QED) is 0.168. The molecular weight excluding hydrogens is 755 g/mol. The molecule has 0 saturated heterocycles. The Balaban J connectivity index is 0.928. The van der Waals surface area contributed by atoms with Gasteiger partial charge in [0.15, 0.2) is 0 Å². The summed E-state index contributed by atoms with van der Waals surface area (Å²) in [5, 5.41) is 9.70. The van der Waals surface area contributed by atoms with Crippen molar-refractivity contribution in [3.8, 4) is 22.5 Å². The smallest absolute Gasteiger partial charge is 0.137 e. The second-order valence-corrected chi connectivity index (χ2v) is 16.2. The van der Waals surface area contributed by atoms with Crippen LogP contribution < -0.4 is 4.90 Å². The molecule has 0 saturated carbocycles. The van der Waals surface area contributed by atoms with Gasteiger partial charge in [0.25, 0.3) is 0 Å². The number of nitrogens with zero attached hydrogens (tertiary/aromatic N) is 3. The van der Waals surface area contributed by atoms with E-state index in [2.05, 4.69) is 226 Å². The first kappa shape index (κ1) is 34.5. The van der Waals surface area contributed by atoms with Gasteiger partial charge in [0, 0.05) is 66.8 Å². The first-order valence-electron chi connectivity index (χ1n) is 21.2. The number of hydrogen-bond acceptors (Lipinski definition) is 2. The molecule has 13 aromatic rings. The largest absolute Gasteiger partial charge is 0.456 e. The van der Waals surface area contributed by atoms with Crippen LogP contribution in [0.15, 0.2) is 229 Å². The Morgan fingerprint density at radius 2 is 0.774 bits per heavy atom. The highest BCUT2D eigenvalue weighted by Gasteiger charge is 2.20. The van der Waals surface area contributed by atoms with E-state index in [1.54, 1.807) is 0 Å². The van der Waals surface area contributed by atoms with E-state index in [1.165, 1.54) is 48.9 Å². The summed E-state index contributed by atoms with van der Waals surface area (Å²) < 4.78 is 11.2. The molecule has 0 unspecified atom stereocenters. The van der Waals surface area contributed by atoms with Gasteiger partial charge in [-0.1, -0.05) is 127 Å². The van der Waals surface area contributed by atoms with E-state index in [1.807, 2.05) is 12.1 Å². The summed E-state index contributed by atoms with van der Waals surface area (Å²) in [6.07, 6.45) is 0. The Kier molecular flexibility index (Phi) is 7.57. The molecule has 4 nitrogen and oxygen atoms in total. The minimum absolute atomic E-state index is 0.862. The van der Waals surface area contributed by atoms with Crippen molar-refractivity contribution in [3.05, 3.63) is 224 Å². The van der Waals surface area contributed by atoms with Gasteiger partial charge in [-0.3, -0.25) is 0 Å². The highest BCUT2D eigenvalue weighted by molar-refractivity contribution is 6.14. The molecule has 13 rings (SSSR count). The lowest BCUT2D eigenvalue weighted by atomic mass is 10.0. The van der Waals surface area contributed by atoms with Crippen molar-refractivity contribution in [2.75, 3.05) is 4.90 Å². The Bertz CT molecular complexity index is 3850. The third-order valence-electron chi connectivity index (χ3n) is 12.7. The summed E-state index contributed by atoms with van der Waals surface area (Å²) in [4.78, 5) is 2.35. The summed E-state index contributed by atoms with van der Waals surface area (Å²) in [5.41, 5.74) is 14.2. The first-order valence-corrected chi connectivity index (χ1v) is 21.2. The van der Waals surface area contributed by atoms with Gasteiger partial charge < -0.3 is 18.5 Å². The number of hydrogen-bond donors (Lipinski definition) is 0. The minimum Gasteiger partial charge on any atom is -0.456 e. The van der Waals surface area contributed by atoms with Crippen LogP contribution >= 0.6 is 0 Å². The van der Waals surface area contributed by atoms with Gasteiger partial charge in [-0.15, -0.1) is 0 Å². The second-order valence-electron chi connectivity index (χ2n) is 16.2. The number of fused-ring (bicyclic) bond motifs is 10. The predicted octanol–water partition coefficient (Wildman–Crippen LogP) is 16.1. The molecule has 0 bridgehead atoms. The molecule has 4 heteroatoms. The Morgan fingerprint density at radius 3 is 1.50 bits per heavy atom. The average molecular weight is 792 g/mol. The van der Waals surface area contributed by atoms with Gasteiger partial charge >= 0.3 is 0 Å². The molecule has 3 aromatic heterocycles. The van der Waals surface area contributed by atoms with Gasteiger partial charge in [-0.2, -0.15) is 0 Å². The van der Waals surface area contributed by atoms with Crippen LogP contribution in [-0.4, -0.2) is 9.13 Å². The lowest BCUT2D eigenvalue weighted by Crippen LogP contribution is -2.10. The third-order valence-corrected chi connectivity index (χ3v) is 12.7. The zero-order chi connectivity index (χ0) is 40.7. The van der Waals surface area contributed by atoms with Crippen molar-refractivity contribution in [2.24, 2.45) is 0 Å². The standard InChI is InChI=1S/C58H37N3O/c1-2-14-42(15-3-1)60-53-19-9-6-16-47(53)49-32-30-45(36-56(49)60)59(46-31-33-51-50-18-8-11-21-57(50)62-58(51)37-46)43-26-22-38(23-27-43)39-24-28-44(29-25-39)61-54-20-10-7-17-48(54)52-34-40-12-4-5-13-41(40)35-55(52)61/h1-37H. The molecule has 0 aliphatic heterocycles. The van der Waals surface area contributed by atoms with E-state index in [0.29, 0.717) is 0 Å². The van der Waals surface area contributed by atoms with Gasteiger partial charge in [0.1, 0.15) is 11.2 Å². The van der Waals surface area contributed by atoms with Crippen molar-refractivity contribution in [2.45, 2.75) is 0 Å². The van der Waals surface area contributed by atoms with Crippen LogP contribution in [0.25, 0.3) is 98.8 Å². The average Bonchev–Trinajstić information content (AvgIpc) is 3.98. The predicted molar refractivity (Wildman–Crippen MR) is 260 cm³/mol. The van der Waals surface area contributed by atoms with Crippen LogP contribution in [-0.2, 0) is 0 Å². The van der Waals surface area contributed by atoms with E-state index in [9.17, 15) is 0 Å². The number of para-hydroxylation sites is 4. The third kappa shape index (κ3) is 5.33. The number of aromatic nitrogens is 2. The van der Waals surface area contributed by atoms with Crippen LogP contribution in [0.3, 0.4) is 0 Å². The fourth-order valence-electron chi connectivity index (χ4n) is 9.79. The number of furan rings is 1. The molecule has 0 aliphatic rings. The number of rotatable bonds is 6. The van der Waals surface area contributed by atoms with E-state index in [-0.39, 0.29) is 0 Å². The van der Waals surface area contributed by atoms with E-state index in [0.717, 1.165) is 67.0 Å². The first-order chi connectivity index (χ1) is 30.7. The molecule has 3 heterocycles. The maximum absolute atomic E-state index is 6.45. The fraction of sp³-hybridized carbons (Fsp3) is 0. The number of benzene rings is 10. The van der Waals surface area contributed by atoms with E-state index < -0.39 is 0 Å². The topological polar surface area (TPSA) is 26.2 Å². The van der Waals surface area contributed by atoms with Crippen molar-refractivity contribution < 1.29 is 4.42 Å². The van der Waals surface area contributed by atoms with Gasteiger partial charge in [0.05, 0.1) is 22.1 Å². The van der Waals surface area contributed by atoms with Crippen molar-refractivity contribution >= 4 is 93.4 Å². The van der Waals surface area contributed by atoms with E-state index >= 15 is 0 Å². The summed E-state index contributed by atoms with van der Waals surface area (Å²) in [6.45, 7) is 0. The van der Waals surface area contributed by atoms with Gasteiger partial charge in [-0.05, 0) is 113 Å². The summed E-state index contributed by atoms with van der Waals surface area (Å²) >= 11 is 0. The molecular formula is C58H37N3O. The molecule has 290 valence electrons. The van der Waals surface area contributed by atoms with Crippen LogP contribution in [0, 0.1) is 0 Å². The molecule has 0 aliphatic carbocycles. The summed E-state index contributed by atoms with van der Waals surface area (Å²) in [7, 11) is 0. The van der Waals surface area contributed by atoms with Crippen molar-refractivity contribution in [1.29, 1.82) is 0 Å². The van der Waals surface area contributed by atoms with Crippen LogP contribution in [0.5, 0.6) is 0 Å². The lowest BCUT2D eigenvalue weighted by molar-refractivity contribution is 0.669. The molecule has 0 radical (unpaired) electrons. The zero-order valence-electron chi connectivity index (χ0n) is 33.6. The van der Waals surface area contributed by atoms with Crippen LogP contribution in [0.2, 0.25) is 0 Å². The molecule has 10 aromatic carbocycles. The Labute approximate surface area is 357 Å². The molecule has 0 N–H and O–H groups in total. The Hall–Kier alpha value is -8.34. The lowest BCUT2D eigenvalue weighted by Gasteiger charge is -2.26. The molecule has 0 atom stereocenters. The van der Waals surface area contributed by atoms with E-state index in [4.69, 9.17) is 4.42 Å². The maximum atomic E-state index is 6.45. The normalized spacial score (nSPS) is 11.9. The molecule has 0 amide bonds. The Morgan fingerprint density at radius 1 is 0.290 bits per heavy atom. The second kappa shape index (κ2) is 13.6. The van der Waals surface area contributed by atoms with Crippen LogP contribution in [0.4, 0.5) is 17.1 Å². The minimum atomic E-state index is 0.862. The van der Waals surface area contributed by atoms with Gasteiger partial charge in [0.2, 0.25) is 0 Å². The summed E-state index contributed by atoms with van der Waals surface area (Å²) in [5.74, 6) is 0. The van der Waals surface area contributed by atoms with Crippen molar-refractivity contribution in [3.63, 3.8) is 0 Å². The zero-order valence-corrected chi connectivity index (χ0v) is 33.6. The van der Waals surface area contributed by atoms with Crippen LogP contribution in [0.1, 0.15) is 0 Å². The van der Waals surface area contributed by atoms with Gasteiger partial charge in [-0.25, -0.2) is 0 Å². The SMILES string of the molecule is c1ccc(-n2c3ccccc3c3ccc(N(c4ccc(-c5ccc(-n6c7ccccc7c7cc8ccccc8cc76)cc5)cc4)c4ccc5c(c4)oc4ccccc45)cc32)cc1. The fourth-order valence-corrected chi connectivity index (χ4v) is 9.79. The van der Waals surface area contributed by atoms with Crippen molar-refractivity contribution in [1.82, 2.24) is 9.13 Å². The highest BCUT2D eigenvalue weighted by atomic mass is 16.3. The maximum Gasteiger partial charge on any atom is 0.137 e. The molecule has 62 heavy (non-hydrogen) atoms. The highest BCUT2D eigenvalue weighted by Crippen LogP contribution is 2.42. The summed E-state index contributed by atoms with van der Waals surface area (Å²) in [6, 6.07) is 81.0. The molecule has 0 spiro atoms. The number of anilines is 3.